The highest BCUT2D eigenvalue weighted by Gasteiger charge is 2.33. The van der Waals surface area contributed by atoms with E-state index in [4.69, 9.17) is 4.74 Å². The van der Waals surface area contributed by atoms with Crippen LogP contribution in [0.15, 0.2) is 24.3 Å². The standard InChI is InChI=1S/C18H19F3N4O2S/c1-2-13-22-17-25(23-13)16(26)15(28-17)14(24-7-9-27-10-8-24)11-3-5-12(6-4-11)18(19,20)21/h3-6,14,26H,2,7-10H2,1H3/t14-/m1/s1. The molecule has 0 unspecified atom stereocenters. The third-order valence-corrected chi connectivity index (χ3v) is 5.85. The monoisotopic (exact) mass is 412 g/mol. The van der Waals surface area contributed by atoms with E-state index < -0.39 is 17.8 Å². The molecule has 150 valence electrons. The van der Waals surface area contributed by atoms with Crippen LogP contribution in [0.25, 0.3) is 4.96 Å². The maximum atomic E-state index is 12.9. The van der Waals surface area contributed by atoms with Gasteiger partial charge in [0, 0.05) is 19.5 Å². The van der Waals surface area contributed by atoms with Gasteiger partial charge in [-0.3, -0.25) is 4.90 Å². The minimum atomic E-state index is -4.39. The van der Waals surface area contributed by atoms with Crippen molar-refractivity contribution in [3.05, 3.63) is 46.1 Å². The molecule has 0 radical (unpaired) electrons. The van der Waals surface area contributed by atoms with Crippen LogP contribution in [-0.2, 0) is 17.3 Å². The summed E-state index contributed by atoms with van der Waals surface area (Å²) in [5.41, 5.74) is -0.0261. The summed E-state index contributed by atoms with van der Waals surface area (Å²) in [6.45, 7) is 4.20. The molecule has 10 heteroatoms. The van der Waals surface area contributed by atoms with E-state index in [2.05, 4.69) is 15.0 Å². The van der Waals surface area contributed by atoms with E-state index in [1.807, 2.05) is 6.92 Å². The molecule has 1 saturated heterocycles. The summed E-state index contributed by atoms with van der Waals surface area (Å²) >= 11 is 1.30. The zero-order valence-corrected chi connectivity index (χ0v) is 15.9. The number of morpholine rings is 1. The highest BCUT2D eigenvalue weighted by molar-refractivity contribution is 7.17. The van der Waals surface area contributed by atoms with Crippen LogP contribution in [-0.4, -0.2) is 50.9 Å². The molecule has 1 aromatic carbocycles. The van der Waals surface area contributed by atoms with E-state index in [9.17, 15) is 18.3 Å². The molecule has 1 atom stereocenters. The number of fused-ring (bicyclic) bond motifs is 1. The van der Waals surface area contributed by atoms with E-state index in [0.29, 0.717) is 53.9 Å². The second-order valence-corrected chi connectivity index (χ2v) is 7.55. The Morgan fingerprint density at radius 2 is 1.89 bits per heavy atom. The molecule has 4 rings (SSSR count). The number of rotatable bonds is 4. The third-order valence-electron chi connectivity index (χ3n) is 4.77. The predicted molar refractivity (Wildman–Crippen MR) is 97.6 cm³/mol. The lowest BCUT2D eigenvalue weighted by Gasteiger charge is -2.34. The predicted octanol–water partition coefficient (Wildman–Crippen LogP) is 3.50. The summed E-state index contributed by atoms with van der Waals surface area (Å²) in [6, 6.07) is 4.69. The fourth-order valence-electron chi connectivity index (χ4n) is 3.34. The van der Waals surface area contributed by atoms with Crippen molar-refractivity contribution in [2.24, 2.45) is 0 Å². The quantitative estimate of drug-likeness (QED) is 0.711. The highest BCUT2D eigenvalue weighted by Crippen LogP contribution is 2.41. The van der Waals surface area contributed by atoms with Gasteiger partial charge in [0.05, 0.1) is 29.7 Å². The molecule has 1 N–H and O–H groups in total. The summed E-state index contributed by atoms with van der Waals surface area (Å²) in [5, 5.41) is 15.1. The number of ether oxygens (including phenoxy) is 1. The summed E-state index contributed by atoms with van der Waals surface area (Å²) in [6.07, 6.45) is -3.74. The van der Waals surface area contributed by atoms with Crippen LogP contribution in [0.1, 0.15) is 34.8 Å². The van der Waals surface area contributed by atoms with Gasteiger partial charge >= 0.3 is 6.18 Å². The van der Waals surface area contributed by atoms with Gasteiger partial charge in [0.2, 0.25) is 10.8 Å². The number of halogens is 3. The third kappa shape index (κ3) is 3.47. The average Bonchev–Trinajstić information content (AvgIpc) is 3.22. The first-order valence-corrected chi connectivity index (χ1v) is 9.76. The highest BCUT2D eigenvalue weighted by atomic mass is 32.1. The van der Waals surface area contributed by atoms with Crippen LogP contribution in [0.3, 0.4) is 0 Å². The van der Waals surface area contributed by atoms with Crippen LogP contribution < -0.4 is 0 Å². The van der Waals surface area contributed by atoms with Gasteiger partial charge in [-0.2, -0.15) is 17.7 Å². The lowest BCUT2D eigenvalue weighted by atomic mass is 10.0. The second kappa shape index (κ2) is 7.34. The molecule has 3 aromatic rings. The molecular weight excluding hydrogens is 393 g/mol. The van der Waals surface area contributed by atoms with Crippen molar-refractivity contribution in [2.45, 2.75) is 25.6 Å². The molecule has 0 bridgehead atoms. The van der Waals surface area contributed by atoms with Crippen molar-refractivity contribution in [1.82, 2.24) is 19.5 Å². The lowest BCUT2D eigenvalue weighted by Crippen LogP contribution is -2.39. The van der Waals surface area contributed by atoms with Crippen LogP contribution in [0.2, 0.25) is 0 Å². The van der Waals surface area contributed by atoms with Gasteiger partial charge in [-0.05, 0) is 17.7 Å². The summed E-state index contributed by atoms with van der Waals surface area (Å²) in [7, 11) is 0. The summed E-state index contributed by atoms with van der Waals surface area (Å²) in [5.74, 6) is 0.606. The van der Waals surface area contributed by atoms with Crippen LogP contribution >= 0.6 is 11.3 Å². The second-order valence-electron chi connectivity index (χ2n) is 6.54. The van der Waals surface area contributed by atoms with Gasteiger partial charge in [0.15, 0.2) is 5.82 Å². The molecule has 28 heavy (non-hydrogen) atoms. The minimum absolute atomic E-state index is 0.0245. The molecule has 0 spiro atoms. The normalized spacial score (nSPS) is 17.3. The van der Waals surface area contributed by atoms with Gasteiger partial charge in [-0.15, -0.1) is 5.10 Å². The molecule has 3 heterocycles. The Balaban J connectivity index is 1.78. The number of thiazole rings is 1. The van der Waals surface area contributed by atoms with Crippen molar-refractivity contribution in [3.63, 3.8) is 0 Å². The lowest BCUT2D eigenvalue weighted by molar-refractivity contribution is -0.137. The first-order chi connectivity index (χ1) is 13.4. The number of hydrogen-bond donors (Lipinski definition) is 1. The number of hydrogen-bond acceptors (Lipinski definition) is 6. The van der Waals surface area contributed by atoms with Gasteiger partial charge in [0.1, 0.15) is 0 Å². The molecule has 0 saturated carbocycles. The Morgan fingerprint density at radius 1 is 1.21 bits per heavy atom. The number of aromatic nitrogens is 3. The van der Waals surface area contributed by atoms with Crippen molar-refractivity contribution in [1.29, 1.82) is 0 Å². The van der Waals surface area contributed by atoms with Gasteiger partial charge < -0.3 is 9.84 Å². The van der Waals surface area contributed by atoms with Crippen molar-refractivity contribution >= 4 is 16.3 Å². The molecule has 1 fully saturated rings. The first-order valence-electron chi connectivity index (χ1n) is 8.94. The van der Waals surface area contributed by atoms with E-state index >= 15 is 0 Å². The molecule has 1 aliphatic heterocycles. The molecule has 1 aliphatic rings. The first kappa shape index (κ1) is 19.2. The van der Waals surface area contributed by atoms with Crippen LogP contribution in [0.4, 0.5) is 13.2 Å². The van der Waals surface area contributed by atoms with Crippen molar-refractivity contribution in [2.75, 3.05) is 26.3 Å². The fraction of sp³-hybridized carbons (Fsp3) is 0.444. The van der Waals surface area contributed by atoms with Crippen LogP contribution in [0.5, 0.6) is 5.88 Å². The molecule has 6 nitrogen and oxygen atoms in total. The smallest absolute Gasteiger partial charge is 0.416 e. The topological polar surface area (TPSA) is 62.9 Å². The average molecular weight is 412 g/mol. The number of aromatic hydroxyl groups is 1. The van der Waals surface area contributed by atoms with Gasteiger partial charge in [0.25, 0.3) is 0 Å². The van der Waals surface area contributed by atoms with Crippen molar-refractivity contribution in [3.8, 4) is 5.88 Å². The maximum Gasteiger partial charge on any atom is 0.416 e. The van der Waals surface area contributed by atoms with E-state index in [1.54, 1.807) is 0 Å². The SMILES string of the molecule is CCc1nc2sc([C@@H](c3ccc(C(F)(F)F)cc3)N3CCOCC3)c(O)n2n1. The molecule has 2 aromatic heterocycles. The molecule has 0 amide bonds. The largest absolute Gasteiger partial charge is 0.492 e. The van der Waals surface area contributed by atoms with Gasteiger partial charge in [-0.25, -0.2) is 4.98 Å². The number of alkyl halides is 3. The summed E-state index contributed by atoms with van der Waals surface area (Å²) < 4.78 is 45.7. The molecule has 0 aliphatic carbocycles. The Morgan fingerprint density at radius 3 is 2.46 bits per heavy atom. The van der Waals surface area contributed by atoms with E-state index in [0.717, 1.165) is 12.1 Å². The Hall–Kier alpha value is -2.17. The zero-order valence-electron chi connectivity index (χ0n) is 15.1. The Labute approximate surface area is 163 Å². The van der Waals surface area contributed by atoms with Crippen LogP contribution in [0, 0.1) is 0 Å². The number of benzene rings is 1. The van der Waals surface area contributed by atoms with Crippen molar-refractivity contribution < 1.29 is 23.0 Å². The fourth-order valence-corrected chi connectivity index (χ4v) is 4.47. The van der Waals surface area contributed by atoms with Gasteiger partial charge in [-0.1, -0.05) is 30.4 Å². The minimum Gasteiger partial charge on any atom is -0.492 e. The maximum absolute atomic E-state index is 12.9. The number of aryl methyl sites for hydroxylation is 1. The van der Waals surface area contributed by atoms with E-state index in [1.165, 1.54) is 28.0 Å². The summed E-state index contributed by atoms with van der Waals surface area (Å²) in [4.78, 5) is 7.67. The Kier molecular flexibility index (Phi) is 5.02. The van der Waals surface area contributed by atoms with E-state index in [-0.39, 0.29) is 5.88 Å². The molecular formula is C18H19F3N4O2S. The Bertz CT molecular complexity index is 962. The number of nitrogens with zero attached hydrogens (tertiary/aromatic N) is 4. The zero-order chi connectivity index (χ0) is 19.9.